The Labute approximate surface area is 208 Å². The molecule has 0 unspecified atom stereocenters. The molecule has 9 heteroatoms. The van der Waals surface area contributed by atoms with Gasteiger partial charge in [-0.3, -0.25) is 4.79 Å². The summed E-state index contributed by atoms with van der Waals surface area (Å²) >= 11 is 0. The summed E-state index contributed by atoms with van der Waals surface area (Å²) in [7, 11) is -0.308. The zero-order chi connectivity index (χ0) is 24.8. The highest BCUT2D eigenvalue weighted by Gasteiger charge is 2.27. The number of carbonyl (C=O) groups excluding carboxylic acids is 1. The summed E-state index contributed by atoms with van der Waals surface area (Å²) in [6, 6.07) is 12.9. The van der Waals surface area contributed by atoms with Crippen LogP contribution in [0.2, 0.25) is 0 Å². The number of hydrogen-bond acceptors (Lipinski definition) is 6. The van der Waals surface area contributed by atoms with Crippen molar-refractivity contribution < 1.29 is 22.7 Å². The molecule has 2 fully saturated rings. The largest absolute Gasteiger partial charge is 0.496 e. The van der Waals surface area contributed by atoms with Crippen molar-refractivity contribution in [2.24, 2.45) is 0 Å². The Bertz CT molecular complexity index is 1120. The molecule has 0 spiro atoms. The monoisotopic (exact) mass is 501 g/mol. The smallest absolute Gasteiger partial charge is 0.243 e. The molecule has 35 heavy (non-hydrogen) atoms. The molecular formula is C26H35N3O5S. The van der Waals surface area contributed by atoms with Crippen molar-refractivity contribution in [1.29, 1.82) is 0 Å². The number of para-hydroxylation sites is 2. The maximum Gasteiger partial charge on any atom is 0.243 e. The number of methoxy groups -OCH3 is 2. The molecule has 2 saturated heterocycles. The van der Waals surface area contributed by atoms with Gasteiger partial charge in [0, 0.05) is 45.7 Å². The van der Waals surface area contributed by atoms with Crippen LogP contribution in [0.1, 0.15) is 31.2 Å². The second-order valence-electron chi connectivity index (χ2n) is 8.98. The molecule has 0 radical (unpaired) electrons. The van der Waals surface area contributed by atoms with Gasteiger partial charge >= 0.3 is 0 Å². The molecular weight excluding hydrogens is 466 g/mol. The average Bonchev–Trinajstić information content (AvgIpc) is 2.92. The molecule has 0 saturated carbocycles. The Kier molecular flexibility index (Phi) is 8.18. The van der Waals surface area contributed by atoms with E-state index in [-0.39, 0.29) is 10.8 Å². The van der Waals surface area contributed by atoms with Crippen LogP contribution in [-0.2, 0) is 21.2 Å². The molecule has 190 valence electrons. The lowest BCUT2D eigenvalue weighted by Crippen LogP contribution is -2.48. The van der Waals surface area contributed by atoms with E-state index < -0.39 is 10.0 Å². The van der Waals surface area contributed by atoms with Gasteiger partial charge in [-0.15, -0.1) is 0 Å². The van der Waals surface area contributed by atoms with Crippen LogP contribution in [0.15, 0.2) is 47.4 Å². The summed E-state index contributed by atoms with van der Waals surface area (Å²) in [6.07, 6.45) is 3.58. The Hall–Kier alpha value is -2.78. The van der Waals surface area contributed by atoms with Crippen LogP contribution < -0.4 is 14.4 Å². The molecule has 1 amide bonds. The molecule has 0 aliphatic carbocycles. The Balaban J connectivity index is 1.38. The van der Waals surface area contributed by atoms with Gasteiger partial charge in [0.25, 0.3) is 0 Å². The van der Waals surface area contributed by atoms with Gasteiger partial charge in [0.05, 0.1) is 24.8 Å². The lowest BCUT2D eigenvalue weighted by molar-refractivity contribution is -0.131. The molecule has 2 aromatic rings. The second-order valence-corrected chi connectivity index (χ2v) is 10.9. The predicted octanol–water partition coefficient (Wildman–Crippen LogP) is 3.16. The predicted molar refractivity (Wildman–Crippen MR) is 136 cm³/mol. The number of piperazine rings is 1. The molecule has 0 atom stereocenters. The molecule has 8 nitrogen and oxygen atoms in total. The van der Waals surface area contributed by atoms with Crippen molar-refractivity contribution in [3.8, 4) is 11.5 Å². The molecule has 4 rings (SSSR count). The third-order valence-corrected chi connectivity index (χ3v) is 8.77. The minimum absolute atomic E-state index is 0.0658. The van der Waals surface area contributed by atoms with Gasteiger partial charge in [0.15, 0.2) is 0 Å². The minimum atomic E-state index is -3.54. The third kappa shape index (κ3) is 5.73. The number of sulfonamides is 1. The summed E-state index contributed by atoms with van der Waals surface area (Å²) in [5, 5.41) is 0. The summed E-state index contributed by atoms with van der Waals surface area (Å²) in [5.74, 6) is 1.51. The van der Waals surface area contributed by atoms with Gasteiger partial charge in [0.2, 0.25) is 15.9 Å². The van der Waals surface area contributed by atoms with Gasteiger partial charge in [-0.05, 0) is 55.2 Å². The Morgan fingerprint density at radius 1 is 0.857 bits per heavy atom. The maximum absolute atomic E-state index is 13.1. The highest BCUT2D eigenvalue weighted by molar-refractivity contribution is 7.89. The van der Waals surface area contributed by atoms with Gasteiger partial charge in [-0.25, -0.2) is 8.42 Å². The van der Waals surface area contributed by atoms with E-state index in [0.29, 0.717) is 44.8 Å². The van der Waals surface area contributed by atoms with E-state index in [2.05, 4.69) is 4.90 Å². The number of rotatable bonds is 8. The molecule has 2 aromatic carbocycles. The summed E-state index contributed by atoms with van der Waals surface area (Å²) in [4.78, 5) is 17.4. The molecule has 2 heterocycles. The number of benzene rings is 2. The van der Waals surface area contributed by atoms with Crippen LogP contribution in [0.3, 0.4) is 0 Å². The summed E-state index contributed by atoms with van der Waals surface area (Å²) in [5.41, 5.74) is 1.78. The van der Waals surface area contributed by atoms with Crippen LogP contribution in [0.25, 0.3) is 0 Å². The van der Waals surface area contributed by atoms with E-state index in [1.807, 2.05) is 29.2 Å². The number of carbonyl (C=O) groups is 1. The van der Waals surface area contributed by atoms with Gasteiger partial charge in [-0.1, -0.05) is 18.6 Å². The van der Waals surface area contributed by atoms with Gasteiger partial charge in [0.1, 0.15) is 11.5 Å². The SMILES string of the molecule is COc1ccc(S(=O)(=O)N2CCCCC2)cc1CCC(=O)N1CCN(c2ccccc2OC)CC1. The fraction of sp³-hybridized carbons (Fsp3) is 0.500. The first kappa shape index (κ1) is 25.3. The zero-order valence-electron chi connectivity index (χ0n) is 20.6. The third-order valence-electron chi connectivity index (χ3n) is 6.87. The van der Waals surface area contributed by atoms with E-state index in [1.165, 1.54) is 0 Å². The normalized spacial score (nSPS) is 17.3. The van der Waals surface area contributed by atoms with Crippen molar-refractivity contribution in [1.82, 2.24) is 9.21 Å². The lowest BCUT2D eigenvalue weighted by atomic mass is 10.1. The van der Waals surface area contributed by atoms with E-state index in [4.69, 9.17) is 9.47 Å². The fourth-order valence-electron chi connectivity index (χ4n) is 4.85. The highest BCUT2D eigenvalue weighted by Crippen LogP contribution is 2.29. The molecule has 0 N–H and O–H groups in total. The highest BCUT2D eigenvalue weighted by atomic mass is 32.2. The van der Waals surface area contributed by atoms with Gasteiger partial charge < -0.3 is 19.3 Å². The number of aryl methyl sites for hydroxylation is 1. The summed E-state index contributed by atoms with van der Waals surface area (Å²) < 4.78 is 38.7. The fourth-order valence-corrected chi connectivity index (χ4v) is 6.42. The quantitative estimate of drug-likeness (QED) is 0.553. The van der Waals surface area contributed by atoms with Crippen LogP contribution in [0.5, 0.6) is 11.5 Å². The molecule has 2 aliphatic heterocycles. The van der Waals surface area contributed by atoms with Crippen molar-refractivity contribution in [2.75, 3.05) is 58.4 Å². The summed E-state index contributed by atoms with van der Waals surface area (Å²) in [6.45, 7) is 3.86. The standard InChI is InChI=1S/C26H35N3O5S/c1-33-24-12-11-22(35(31,32)29-14-6-3-7-15-29)20-21(24)10-13-26(30)28-18-16-27(17-19-28)23-8-4-5-9-25(23)34-2/h4-5,8-9,11-12,20H,3,6-7,10,13-19H2,1-2H3. The van der Waals surface area contributed by atoms with Crippen LogP contribution in [-0.4, -0.2) is 77.0 Å². The molecule has 0 bridgehead atoms. The van der Waals surface area contributed by atoms with E-state index in [1.54, 1.807) is 36.7 Å². The number of nitrogens with zero attached hydrogens (tertiary/aromatic N) is 3. The molecule has 0 aromatic heterocycles. The first-order valence-electron chi connectivity index (χ1n) is 12.3. The number of ether oxygens (including phenoxy) is 2. The van der Waals surface area contributed by atoms with Crippen molar-refractivity contribution in [3.05, 3.63) is 48.0 Å². The van der Waals surface area contributed by atoms with Gasteiger partial charge in [-0.2, -0.15) is 4.31 Å². The van der Waals surface area contributed by atoms with E-state index in [9.17, 15) is 13.2 Å². The minimum Gasteiger partial charge on any atom is -0.496 e. The zero-order valence-corrected chi connectivity index (χ0v) is 21.4. The first-order valence-corrected chi connectivity index (χ1v) is 13.7. The number of piperidine rings is 1. The Morgan fingerprint density at radius 3 is 2.23 bits per heavy atom. The van der Waals surface area contributed by atoms with Crippen molar-refractivity contribution in [3.63, 3.8) is 0 Å². The first-order chi connectivity index (χ1) is 16.9. The van der Waals surface area contributed by atoms with E-state index >= 15 is 0 Å². The maximum atomic E-state index is 13.1. The second kappa shape index (κ2) is 11.3. The molecule has 2 aliphatic rings. The average molecular weight is 502 g/mol. The van der Waals surface area contributed by atoms with Crippen LogP contribution in [0, 0.1) is 0 Å². The number of amides is 1. The van der Waals surface area contributed by atoms with Crippen molar-refractivity contribution >= 4 is 21.6 Å². The van der Waals surface area contributed by atoms with Crippen LogP contribution in [0.4, 0.5) is 5.69 Å². The van der Waals surface area contributed by atoms with Crippen molar-refractivity contribution in [2.45, 2.75) is 37.0 Å². The Morgan fingerprint density at radius 2 is 1.54 bits per heavy atom. The number of hydrogen-bond donors (Lipinski definition) is 0. The van der Waals surface area contributed by atoms with Crippen LogP contribution >= 0.6 is 0 Å². The van der Waals surface area contributed by atoms with E-state index in [0.717, 1.165) is 49.4 Å². The number of anilines is 1. The topological polar surface area (TPSA) is 79.4 Å². The lowest BCUT2D eigenvalue weighted by Gasteiger charge is -2.36.